The van der Waals surface area contributed by atoms with E-state index in [0.717, 1.165) is 6.07 Å². The summed E-state index contributed by atoms with van der Waals surface area (Å²) in [5.41, 5.74) is 2.83. The van der Waals surface area contributed by atoms with Crippen molar-refractivity contribution in [2.24, 2.45) is 0 Å². The van der Waals surface area contributed by atoms with Crippen molar-refractivity contribution < 1.29 is 41.0 Å². The zero-order chi connectivity index (χ0) is 31.9. The van der Waals surface area contributed by atoms with Gasteiger partial charge in [0.15, 0.2) is 17.4 Å². The lowest BCUT2D eigenvalue weighted by Gasteiger charge is -2.47. The van der Waals surface area contributed by atoms with E-state index in [4.69, 9.17) is 10.5 Å². The van der Waals surface area contributed by atoms with Crippen molar-refractivity contribution in [1.29, 1.82) is 0 Å². The number of fused-ring (bicyclic) bond motifs is 5. The maximum Gasteiger partial charge on any atom is 0.573 e. The van der Waals surface area contributed by atoms with Gasteiger partial charge >= 0.3 is 6.36 Å². The van der Waals surface area contributed by atoms with Crippen LogP contribution in [-0.2, 0) is 4.79 Å². The van der Waals surface area contributed by atoms with E-state index in [1.807, 2.05) is 0 Å². The molecule has 4 atom stereocenters. The molecule has 0 radical (unpaired) electrons. The van der Waals surface area contributed by atoms with Gasteiger partial charge in [-0.3, -0.25) is 14.9 Å². The number of alkyl halides is 3. The van der Waals surface area contributed by atoms with E-state index in [-0.39, 0.29) is 57.9 Å². The molecule has 0 spiro atoms. The van der Waals surface area contributed by atoms with E-state index in [1.165, 1.54) is 21.0 Å². The van der Waals surface area contributed by atoms with Crippen LogP contribution in [0, 0.1) is 18.6 Å². The molecule has 11 nitrogen and oxygen atoms in total. The number of piperazine rings is 1. The molecule has 0 aliphatic carbocycles. The fourth-order valence-corrected chi connectivity index (χ4v) is 6.71. The average Bonchev–Trinajstić information content (AvgIpc) is 3.25. The molecule has 5 heterocycles. The molecule has 0 unspecified atom stereocenters. The maximum atomic E-state index is 16.8. The number of nitrogens with two attached hydrogens (primary N) is 1. The van der Waals surface area contributed by atoms with E-state index in [9.17, 15) is 27.2 Å². The summed E-state index contributed by atoms with van der Waals surface area (Å²) in [6.45, 7) is 3.24. The van der Waals surface area contributed by atoms with E-state index < -0.39 is 58.6 Å². The van der Waals surface area contributed by atoms with E-state index >= 15 is 4.39 Å². The van der Waals surface area contributed by atoms with Crippen LogP contribution in [0.1, 0.15) is 35.8 Å². The van der Waals surface area contributed by atoms with Crippen molar-refractivity contribution >= 4 is 34.1 Å². The van der Waals surface area contributed by atoms with Crippen molar-refractivity contribution in [2.45, 2.75) is 56.8 Å². The van der Waals surface area contributed by atoms with Gasteiger partial charge in [0.05, 0.1) is 17.0 Å². The van der Waals surface area contributed by atoms with Crippen molar-refractivity contribution in [2.75, 3.05) is 31.3 Å². The normalized spacial score (nSPS) is 23.9. The molecular weight excluding hydrogens is 593 g/mol. The number of anilines is 2. The van der Waals surface area contributed by atoms with Gasteiger partial charge in [0.2, 0.25) is 11.8 Å². The second-order valence-electron chi connectivity index (χ2n) is 11.1. The molecular formula is C28H28F5N7O4. The number of hydrogen-bond donors (Lipinski definition) is 4. The number of hydrogen-bond acceptors (Lipinski definition) is 9. The number of amides is 2. The average molecular weight is 622 g/mol. The molecule has 44 heavy (non-hydrogen) atoms. The quantitative estimate of drug-likeness (QED) is 0.255. The van der Waals surface area contributed by atoms with Crippen LogP contribution in [0.25, 0.3) is 22.0 Å². The molecule has 2 saturated heterocycles. The minimum atomic E-state index is -5.33. The number of halogens is 5. The summed E-state index contributed by atoms with van der Waals surface area (Å²) >= 11 is 0. The number of aromatic nitrogens is 2. The minimum Gasteiger partial charge on any atom is -0.472 e. The zero-order valence-electron chi connectivity index (χ0n) is 23.9. The van der Waals surface area contributed by atoms with E-state index in [0.29, 0.717) is 18.9 Å². The summed E-state index contributed by atoms with van der Waals surface area (Å²) in [6.07, 6.45) is -4.92. The highest BCUT2D eigenvalue weighted by atomic mass is 19.4. The van der Waals surface area contributed by atoms with E-state index in [2.05, 4.69) is 30.7 Å². The lowest BCUT2D eigenvalue weighted by atomic mass is 9.93. The Balaban J connectivity index is 1.68. The molecule has 0 saturated carbocycles. The third-order valence-electron chi connectivity index (χ3n) is 8.53. The third kappa shape index (κ3) is 4.41. The third-order valence-corrected chi connectivity index (χ3v) is 8.53. The number of ether oxygens (including phenoxy) is 2. The van der Waals surface area contributed by atoms with Crippen LogP contribution in [0.5, 0.6) is 11.6 Å². The zero-order valence-corrected chi connectivity index (χ0v) is 23.9. The van der Waals surface area contributed by atoms with Crippen LogP contribution in [-0.4, -0.2) is 72.5 Å². The Hall–Kier alpha value is -4.47. The van der Waals surface area contributed by atoms with Gasteiger partial charge < -0.3 is 30.7 Å². The van der Waals surface area contributed by atoms with Crippen LogP contribution in [0.15, 0.2) is 12.1 Å². The van der Waals surface area contributed by atoms with Crippen LogP contribution in [0.2, 0.25) is 0 Å². The number of nitrogens with zero attached hydrogens (tertiary/aromatic N) is 3. The van der Waals surface area contributed by atoms with Crippen molar-refractivity contribution in [3.05, 3.63) is 35.0 Å². The smallest absolute Gasteiger partial charge is 0.472 e. The number of benzene rings is 1. The fourth-order valence-electron chi connectivity index (χ4n) is 6.71. The van der Waals surface area contributed by atoms with Gasteiger partial charge in [0, 0.05) is 43.8 Å². The van der Waals surface area contributed by atoms with Gasteiger partial charge in [-0.15, -0.1) is 13.2 Å². The second kappa shape index (κ2) is 10.0. The molecule has 3 aliphatic rings. The molecule has 3 aliphatic heterocycles. The van der Waals surface area contributed by atoms with Crippen LogP contribution in [0.3, 0.4) is 0 Å². The number of likely N-dealkylation sites (N-methyl/N-ethyl adjacent to an activating group) is 1. The predicted molar refractivity (Wildman–Crippen MR) is 148 cm³/mol. The summed E-state index contributed by atoms with van der Waals surface area (Å²) < 4.78 is 81.9. The Kier molecular flexibility index (Phi) is 6.75. The lowest BCUT2D eigenvalue weighted by molar-refractivity contribution is -0.275. The summed E-state index contributed by atoms with van der Waals surface area (Å²) in [6, 6.07) is 0.757. The SMILES string of the molecule is CNC(=O)c1nc2c3c(nc(-c4cc(N)cc(F)c4OC(F)(F)F)c(F)c3c1C)O[C@@H](C)[C@@H]1[C@@H]3CC[C@](C(=O)NC)(CN21)N3. The number of rotatable bonds is 4. The highest BCUT2D eigenvalue weighted by Gasteiger charge is 2.56. The topological polar surface area (TPSA) is 144 Å². The first-order valence-corrected chi connectivity index (χ1v) is 13.7. The molecule has 16 heteroatoms. The van der Waals surface area contributed by atoms with Crippen molar-refractivity contribution in [3.63, 3.8) is 0 Å². The molecule has 234 valence electrons. The summed E-state index contributed by atoms with van der Waals surface area (Å²) in [5, 5.41) is 8.37. The van der Waals surface area contributed by atoms with Crippen molar-refractivity contribution in [3.8, 4) is 22.9 Å². The molecule has 2 aromatic heterocycles. The molecule has 1 aromatic carbocycles. The predicted octanol–water partition coefficient (Wildman–Crippen LogP) is 2.93. The number of aryl methyl sites for hydroxylation is 1. The highest BCUT2D eigenvalue weighted by molar-refractivity contribution is 6.07. The number of nitrogen functional groups attached to an aromatic ring is 1. The Morgan fingerprint density at radius 1 is 1.18 bits per heavy atom. The Labute approximate surface area is 247 Å². The molecule has 2 fully saturated rings. The Bertz CT molecular complexity index is 1740. The van der Waals surface area contributed by atoms with E-state index in [1.54, 1.807) is 11.8 Å². The van der Waals surface area contributed by atoms with Crippen LogP contribution < -0.4 is 36.1 Å². The van der Waals surface area contributed by atoms with Gasteiger partial charge in [-0.05, 0) is 38.3 Å². The largest absolute Gasteiger partial charge is 0.573 e. The molecule has 3 aromatic rings. The Morgan fingerprint density at radius 2 is 1.91 bits per heavy atom. The van der Waals surface area contributed by atoms with Crippen LogP contribution >= 0.6 is 0 Å². The lowest BCUT2D eigenvalue weighted by Crippen LogP contribution is -2.71. The first kappa shape index (κ1) is 29.6. The van der Waals surface area contributed by atoms with Crippen LogP contribution in [0.4, 0.5) is 33.5 Å². The first-order valence-electron chi connectivity index (χ1n) is 13.7. The number of pyridine rings is 2. The van der Waals surface area contributed by atoms with Gasteiger partial charge in [-0.1, -0.05) is 0 Å². The summed E-state index contributed by atoms with van der Waals surface area (Å²) in [7, 11) is 2.88. The number of carbonyl (C=O) groups is 2. The Morgan fingerprint density at radius 3 is 2.57 bits per heavy atom. The molecule has 6 rings (SSSR count). The van der Waals surface area contributed by atoms with Crippen molar-refractivity contribution in [1.82, 2.24) is 25.9 Å². The van der Waals surface area contributed by atoms with Gasteiger partial charge in [0.1, 0.15) is 28.8 Å². The monoisotopic (exact) mass is 621 g/mol. The van der Waals surface area contributed by atoms with Gasteiger partial charge in [-0.2, -0.15) is 0 Å². The molecule has 2 amide bonds. The first-order chi connectivity index (χ1) is 20.7. The standard InChI is InChI=1S/C28H28F5N7O4/c1-10-16-17-23(37-19(10)24(41)35-3)40-9-27(26(42)36-4)6-5-15(39-27)21(40)11(2)43-25(17)38-20(18(16)30)13-7-12(34)8-14(29)22(13)44-28(31,32)33/h7-8,11,15,21,39H,5-6,9,34H2,1-4H3,(H,35,41)(H,36,42)/t11-,15-,21+,27+/m0/s1. The molecule has 5 N–H and O–H groups in total. The highest BCUT2D eigenvalue weighted by Crippen LogP contribution is 2.48. The number of carbonyl (C=O) groups excluding carboxylic acids is 2. The summed E-state index contributed by atoms with van der Waals surface area (Å²) in [4.78, 5) is 36.8. The summed E-state index contributed by atoms with van der Waals surface area (Å²) in [5.74, 6) is -5.03. The number of nitrogens with one attached hydrogen (secondary N) is 3. The van der Waals surface area contributed by atoms with Gasteiger partial charge in [-0.25, -0.2) is 18.7 Å². The van der Waals surface area contributed by atoms with Gasteiger partial charge in [0.25, 0.3) is 5.91 Å². The second-order valence-corrected chi connectivity index (χ2v) is 11.1. The maximum absolute atomic E-state index is 16.8. The minimum absolute atomic E-state index is 0.0296. The fraction of sp³-hybridized carbons (Fsp3) is 0.429. The molecule has 2 bridgehead atoms.